The van der Waals surface area contributed by atoms with E-state index < -0.39 is 29.2 Å². The highest BCUT2D eigenvalue weighted by atomic mass is 16.8. The molecule has 3 rings (SSSR count). The Balaban J connectivity index is 2.18. The molecule has 2 atom stereocenters. The molecule has 0 radical (unpaired) electrons. The number of nitrogens with zero attached hydrogens (tertiary/aromatic N) is 4. The number of ether oxygens (including phenoxy) is 2. The largest absolute Gasteiger partial charge is 0.394 e. The van der Waals surface area contributed by atoms with Gasteiger partial charge in [0.25, 0.3) is 5.56 Å². The van der Waals surface area contributed by atoms with Crippen LogP contribution in [0.5, 0.6) is 0 Å². The van der Waals surface area contributed by atoms with Crippen molar-refractivity contribution >= 4 is 11.2 Å². The zero-order valence-electron chi connectivity index (χ0n) is 13.3. The maximum absolute atomic E-state index is 12.3. The Morgan fingerprint density at radius 2 is 1.96 bits per heavy atom. The van der Waals surface area contributed by atoms with E-state index in [-0.39, 0.29) is 17.8 Å². The Bertz CT molecular complexity index is 885. The van der Waals surface area contributed by atoms with Crippen LogP contribution in [0.25, 0.3) is 11.2 Å². The van der Waals surface area contributed by atoms with E-state index in [1.165, 1.54) is 24.9 Å². The fourth-order valence-electron chi connectivity index (χ4n) is 2.70. The van der Waals surface area contributed by atoms with E-state index in [1.807, 2.05) is 0 Å². The van der Waals surface area contributed by atoms with Gasteiger partial charge in [0.1, 0.15) is 12.2 Å². The SMILES string of the molecule is Cn1c(=O)c2nc([C@H]3OC(C)(C)O[C@H]3CO)cnc2n(C)c1=O. The van der Waals surface area contributed by atoms with E-state index in [1.54, 1.807) is 13.8 Å². The van der Waals surface area contributed by atoms with Crippen LogP contribution < -0.4 is 11.2 Å². The first-order chi connectivity index (χ1) is 10.7. The van der Waals surface area contributed by atoms with Gasteiger partial charge in [0.15, 0.2) is 17.0 Å². The molecule has 0 bridgehead atoms. The predicted octanol–water partition coefficient (Wildman–Crippen LogP) is -0.788. The summed E-state index contributed by atoms with van der Waals surface area (Å²) in [6.45, 7) is 3.21. The summed E-state index contributed by atoms with van der Waals surface area (Å²) in [4.78, 5) is 32.7. The van der Waals surface area contributed by atoms with Crippen molar-refractivity contribution in [2.75, 3.05) is 6.61 Å². The molecule has 124 valence electrons. The lowest BCUT2D eigenvalue weighted by molar-refractivity contribution is -0.149. The van der Waals surface area contributed by atoms with Gasteiger partial charge >= 0.3 is 5.69 Å². The summed E-state index contributed by atoms with van der Waals surface area (Å²) in [6.07, 6.45) is 0.182. The van der Waals surface area contributed by atoms with Crippen molar-refractivity contribution in [1.29, 1.82) is 0 Å². The highest BCUT2D eigenvalue weighted by molar-refractivity contribution is 5.68. The van der Waals surface area contributed by atoms with Crippen LogP contribution in [0.3, 0.4) is 0 Å². The Labute approximate surface area is 131 Å². The van der Waals surface area contributed by atoms with Gasteiger partial charge in [0.05, 0.1) is 18.5 Å². The molecule has 1 aliphatic rings. The second-order valence-corrected chi connectivity index (χ2v) is 5.95. The Morgan fingerprint density at radius 1 is 1.26 bits per heavy atom. The van der Waals surface area contributed by atoms with Crippen molar-refractivity contribution in [3.63, 3.8) is 0 Å². The van der Waals surface area contributed by atoms with Crippen LogP contribution in [0.1, 0.15) is 25.6 Å². The van der Waals surface area contributed by atoms with E-state index in [4.69, 9.17) is 9.47 Å². The molecule has 0 aliphatic carbocycles. The standard InChI is InChI=1S/C14H18N4O5/c1-14(2)22-8(6-19)10(23-14)7-5-15-11-9(16-7)12(20)18(4)13(21)17(11)3/h5,8,10,19H,6H2,1-4H3/t8-,10+/m0/s1. The summed E-state index contributed by atoms with van der Waals surface area (Å²) < 4.78 is 13.6. The van der Waals surface area contributed by atoms with Gasteiger partial charge in [-0.2, -0.15) is 0 Å². The Hall–Kier alpha value is -2.10. The Morgan fingerprint density at radius 3 is 2.61 bits per heavy atom. The molecule has 1 N–H and O–H groups in total. The molecule has 0 aromatic carbocycles. The van der Waals surface area contributed by atoms with Gasteiger partial charge in [0, 0.05) is 14.1 Å². The van der Waals surface area contributed by atoms with E-state index in [2.05, 4.69) is 9.97 Å². The molecule has 1 fully saturated rings. The van der Waals surface area contributed by atoms with Crippen molar-refractivity contribution in [2.24, 2.45) is 14.1 Å². The highest BCUT2D eigenvalue weighted by Gasteiger charge is 2.42. The second kappa shape index (κ2) is 5.22. The molecule has 2 aromatic rings. The number of hydrogen-bond acceptors (Lipinski definition) is 7. The normalized spacial score (nSPS) is 23.5. The average molecular weight is 322 g/mol. The zero-order chi connectivity index (χ0) is 16.9. The third-order valence-corrected chi connectivity index (χ3v) is 3.83. The first kappa shape index (κ1) is 15.8. The first-order valence-corrected chi connectivity index (χ1v) is 7.14. The first-order valence-electron chi connectivity index (χ1n) is 7.14. The third kappa shape index (κ3) is 2.46. The van der Waals surface area contributed by atoms with Crippen molar-refractivity contribution in [1.82, 2.24) is 19.1 Å². The number of aliphatic hydroxyl groups excluding tert-OH is 1. The number of aliphatic hydroxyl groups is 1. The molecule has 1 aliphatic heterocycles. The number of aromatic nitrogens is 4. The van der Waals surface area contributed by atoms with Gasteiger partial charge in [-0.3, -0.25) is 13.9 Å². The monoisotopic (exact) mass is 322 g/mol. The summed E-state index contributed by atoms with van der Waals surface area (Å²) in [7, 11) is 2.90. The molecular formula is C14H18N4O5. The number of fused-ring (bicyclic) bond motifs is 1. The summed E-state index contributed by atoms with van der Waals surface area (Å²) >= 11 is 0. The summed E-state index contributed by atoms with van der Waals surface area (Å²) in [5.74, 6) is -0.872. The smallest absolute Gasteiger partial charge is 0.332 e. The second-order valence-electron chi connectivity index (χ2n) is 5.95. The van der Waals surface area contributed by atoms with E-state index in [0.717, 1.165) is 4.57 Å². The summed E-state index contributed by atoms with van der Waals surface area (Å²) in [5, 5.41) is 9.46. The Kier molecular flexibility index (Phi) is 3.58. The molecule has 0 spiro atoms. The molecule has 0 unspecified atom stereocenters. The van der Waals surface area contributed by atoms with Crippen LogP contribution in [0.4, 0.5) is 0 Å². The fourth-order valence-corrected chi connectivity index (χ4v) is 2.70. The van der Waals surface area contributed by atoms with Gasteiger partial charge in [-0.25, -0.2) is 14.8 Å². The van der Waals surface area contributed by atoms with Gasteiger partial charge < -0.3 is 14.6 Å². The molecule has 0 saturated carbocycles. The number of rotatable bonds is 2. The van der Waals surface area contributed by atoms with Crippen LogP contribution in [0.15, 0.2) is 15.8 Å². The average Bonchev–Trinajstić information content (AvgIpc) is 2.85. The van der Waals surface area contributed by atoms with Gasteiger partial charge in [-0.15, -0.1) is 0 Å². The van der Waals surface area contributed by atoms with E-state index in [9.17, 15) is 14.7 Å². The minimum absolute atomic E-state index is 0.0668. The lowest BCUT2D eigenvalue weighted by atomic mass is 10.1. The minimum atomic E-state index is -0.872. The lowest BCUT2D eigenvalue weighted by Crippen LogP contribution is -2.38. The summed E-state index contributed by atoms with van der Waals surface area (Å²) in [5.41, 5.74) is -0.369. The highest BCUT2D eigenvalue weighted by Crippen LogP contribution is 2.37. The predicted molar refractivity (Wildman–Crippen MR) is 79.9 cm³/mol. The third-order valence-electron chi connectivity index (χ3n) is 3.83. The molecule has 9 nitrogen and oxygen atoms in total. The van der Waals surface area contributed by atoms with Crippen molar-refractivity contribution in [3.8, 4) is 0 Å². The molecule has 9 heteroatoms. The zero-order valence-corrected chi connectivity index (χ0v) is 13.3. The molecule has 2 aromatic heterocycles. The summed E-state index contributed by atoms with van der Waals surface area (Å²) in [6, 6.07) is 0. The minimum Gasteiger partial charge on any atom is -0.394 e. The molecular weight excluding hydrogens is 304 g/mol. The van der Waals surface area contributed by atoms with E-state index in [0.29, 0.717) is 5.69 Å². The van der Waals surface area contributed by atoms with Crippen molar-refractivity contribution < 1.29 is 14.6 Å². The fraction of sp³-hybridized carbons (Fsp3) is 0.571. The van der Waals surface area contributed by atoms with Gasteiger partial charge in [-0.05, 0) is 13.8 Å². The maximum atomic E-state index is 12.3. The molecule has 3 heterocycles. The van der Waals surface area contributed by atoms with Gasteiger partial charge in [0.2, 0.25) is 0 Å². The molecule has 23 heavy (non-hydrogen) atoms. The number of hydrogen-bond donors (Lipinski definition) is 1. The van der Waals surface area contributed by atoms with Crippen LogP contribution in [-0.2, 0) is 23.6 Å². The van der Waals surface area contributed by atoms with Crippen LogP contribution in [0.2, 0.25) is 0 Å². The topological polar surface area (TPSA) is 108 Å². The van der Waals surface area contributed by atoms with Gasteiger partial charge in [-0.1, -0.05) is 0 Å². The molecule has 0 amide bonds. The van der Waals surface area contributed by atoms with Crippen LogP contribution >= 0.6 is 0 Å². The number of aryl methyl sites for hydroxylation is 1. The lowest BCUT2D eigenvalue weighted by Gasteiger charge is -2.16. The maximum Gasteiger partial charge on any atom is 0.332 e. The van der Waals surface area contributed by atoms with Crippen LogP contribution in [0, 0.1) is 0 Å². The van der Waals surface area contributed by atoms with Crippen molar-refractivity contribution in [3.05, 3.63) is 32.7 Å². The molecule has 1 saturated heterocycles. The van der Waals surface area contributed by atoms with Crippen LogP contribution in [-0.4, -0.2) is 42.7 Å². The van der Waals surface area contributed by atoms with Crippen molar-refractivity contribution in [2.45, 2.75) is 31.8 Å². The van der Waals surface area contributed by atoms with E-state index >= 15 is 0 Å². The quantitative estimate of drug-likeness (QED) is 0.772.